The van der Waals surface area contributed by atoms with Gasteiger partial charge < -0.3 is 20.1 Å². The predicted octanol–water partition coefficient (Wildman–Crippen LogP) is 1.56. The van der Waals surface area contributed by atoms with Crippen molar-refractivity contribution in [1.82, 2.24) is 15.1 Å². The normalized spacial score (nSPS) is 16.5. The van der Waals surface area contributed by atoms with E-state index in [1.165, 1.54) is 4.68 Å². The molecule has 2 N–H and O–H groups in total. The SMILES string of the molecule is CCOC(=O)C(C)(C)n1cc(NC(=O)C2(COC)CCNCC2)cn1.Cl. The molecule has 1 fully saturated rings. The van der Waals surface area contributed by atoms with Crippen LogP contribution in [0.25, 0.3) is 0 Å². The van der Waals surface area contributed by atoms with Gasteiger partial charge in [0, 0.05) is 13.3 Å². The number of carbonyl (C=O) groups is 2. The highest BCUT2D eigenvalue weighted by Gasteiger charge is 2.40. The minimum Gasteiger partial charge on any atom is -0.464 e. The van der Waals surface area contributed by atoms with E-state index in [0.29, 0.717) is 18.9 Å². The highest BCUT2D eigenvalue weighted by atomic mass is 35.5. The Morgan fingerprint density at radius 1 is 1.38 bits per heavy atom. The molecule has 0 saturated carbocycles. The summed E-state index contributed by atoms with van der Waals surface area (Å²) in [5.41, 5.74) is -0.937. The van der Waals surface area contributed by atoms with Gasteiger partial charge in [0.15, 0.2) is 5.54 Å². The Bertz CT molecular complexity index is 606. The van der Waals surface area contributed by atoms with E-state index in [4.69, 9.17) is 9.47 Å². The van der Waals surface area contributed by atoms with Crippen LogP contribution in [-0.2, 0) is 24.6 Å². The molecule has 1 saturated heterocycles. The number of nitrogens with one attached hydrogen (secondary N) is 2. The summed E-state index contributed by atoms with van der Waals surface area (Å²) >= 11 is 0. The lowest BCUT2D eigenvalue weighted by atomic mass is 9.78. The van der Waals surface area contributed by atoms with Gasteiger partial charge in [-0.25, -0.2) is 4.79 Å². The molecule has 2 heterocycles. The molecule has 0 aliphatic carbocycles. The Kier molecular flexibility index (Phi) is 8.05. The van der Waals surface area contributed by atoms with Crippen LogP contribution >= 0.6 is 12.4 Å². The third kappa shape index (κ3) is 4.75. The molecule has 1 aliphatic heterocycles. The molecule has 8 nitrogen and oxygen atoms in total. The molecule has 0 unspecified atom stereocenters. The quantitative estimate of drug-likeness (QED) is 0.688. The van der Waals surface area contributed by atoms with E-state index in [9.17, 15) is 9.59 Å². The van der Waals surface area contributed by atoms with Gasteiger partial charge in [-0.15, -0.1) is 12.4 Å². The van der Waals surface area contributed by atoms with Gasteiger partial charge in [-0.3, -0.25) is 9.48 Å². The lowest BCUT2D eigenvalue weighted by Crippen LogP contribution is -2.47. The van der Waals surface area contributed by atoms with Crippen LogP contribution in [0.1, 0.15) is 33.6 Å². The van der Waals surface area contributed by atoms with Gasteiger partial charge >= 0.3 is 5.97 Å². The van der Waals surface area contributed by atoms with Crippen molar-refractivity contribution < 1.29 is 19.1 Å². The summed E-state index contributed by atoms with van der Waals surface area (Å²) in [5, 5.41) is 10.4. The third-order valence-corrected chi connectivity index (χ3v) is 4.65. The summed E-state index contributed by atoms with van der Waals surface area (Å²) in [5.74, 6) is -0.450. The van der Waals surface area contributed by atoms with E-state index < -0.39 is 11.0 Å². The first-order valence-electron chi connectivity index (χ1n) is 8.59. The summed E-state index contributed by atoms with van der Waals surface area (Å²) in [6.07, 6.45) is 4.63. The Morgan fingerprint density at radius 2 is 2.04 bits per heavy atom. The number of nitrogens with zero attached hydrogens (tertiary/aromatic N) is 2. The first-order chi connectivity index (χ1) is 11.9. The van der Waals surface area contributed by atoms with Gasteiger partial charge in [-0.1, -0.05) is 0 Å². The van der Waals surface area contributed by atoms with Crippen LogP contribution in [0.3, 0.4) is 0 Å². The van der Waals surface area contributed by atoms with Crippen molar-refractivity contribution in [2.24, 2.45) is 5.41 Å². The molecule has 1 amide bonds. The molecule has 2 rings (SSSR count). The number of piperidine rings is 1. The standard InChI is InChI=1S/C17H28N4O4.ClH/c1-5-25-15(23)16(2,3)21-11-13(10-19-21)20-14(22)17(12-24-4)6-8-18-9-7-17;/h10-11,18H,5-9,12H2,1-4H3,(H,20,22);1H. The van der Waals surface area contributed by atoms with Crippen molar-refractivity contribution in [2.45, 2.75) is 39.2 Å². The zero-order valence-corrected chi connectivity index (χ0v) is 16.6. The molecule has 26 heavy (non-hydrogen) atoms. The van der Waals surface area contributed by atoms with Crippen LogP contribution in [0.2, 0.25) is 0 Å². The molecule has 1 aliphatic rings. The van der Waals surface area contributed by atoms with E-state index in [0.717, 1.165) is 25.9 Å². The number of rotatable bonds is 7. The zero-order valence-electron chi connectivity index (χ0n) is 15.8. The van der Waals surface area contributed by atoms with Crippen LogP contribution in [0.4, 0.5) is 5.69 Å². The number of ether oxygens (including phenoxy) is 2. The molecule has 0 aromatic carbocycles. The smallest absolute Gasteiger partial charge is 0.333 e. The second kappa shape index (κ2) is 9.34. The number of aromatic nitrogens is 2. The average Bonchev–Trinajstić information content (AvgIpc) is 3.05. The monoisotopic (exact) mass is 388 g/mol. The molecule has 0 atom stereocenters. The summed E-state index contributed by atoms with van der Waals surface area (Å²) in [6, 6.07) is 0. The topological polar surface area (TPSA) is 94.5 Å². The summed E-state index contributed by atoms with van der Waals surface area (Å²) in [7, 11) is 1.61. The Labute approximate surface area is 160 Å². The van der Waals surface area contributed by atoms with Gasteiger partial charge in [-0.2, -0.15) is 5.10 Å². The summed E-state index contributed by atoms with van der Waals surface area (Å²) in [4.78, 5) is 24.9. The van der Waals surface area contributed by atoms with Crippen molar-refractivity contribution in [3.63, 3.8) is 0 Å². The molecule has 0 radical (unpaired) electrons. The van der Waals surface area contributed by atoms with E-state index in [2.05, 4.69) is 15.7 Å². The number of amides is 1. The number of hydrogen-bond acceptors (Lipinski definition) is 6. The number of halogens is 1. The average molecular weight is 389 g/mol. The van der Waals surface area contributed by atoms with Crippen LogP contribution in [0.15, 0.2) is 12.4 Å². The van der Waals surface area contributed by atoms with Crippen molar-refractivity contribution >= 4 is 30.0 Å². The lowest BCUT2D eigenvalue weighted by Gasteiger charge is -2.35. The highest BCUT2D eigenvalue weighted by Crippen LogP contribution is 2.31. The van der Waals surface area contributed by atoms with Crippen molar-refractivity contribution in [1.29, 1.82) is 0 Å². The Hall–Kier alpha value is -1.64. The first kappa shape index (κ1) is 22.4. The molecule has 1 aromatic heterocycles. The predicted molar refractivity (Wildman–Crippen MR) is 100 cm³/mol. The van der Waals surface area contributed by atoms with Crippen LogP contribution in [0.5, 0.6) is 0 Å². The van der Waals surface area contributed by atoms with Gasteiger partial charge in [0.2, 0.25) is 5.91 Å². The fourth-order valence-electron chi connectivity index (χ4n) is 2.98. The van der Waals surface area contributed by atoms with Gasteiger partial charge in [-0.05, 0) is 46.7 Å². The van der Waals surface area contributed by atoms with Crippen LogP contribution in [-0.4, -0.2) is 55.1 Å². The highest BCUT2D eigenvalue weighted by molar-refractivity contribution is 5.95. The van der Waals surface area contributed by atoms with Gasteiger partial charge in [0.25, 0.3) is 0 Å². The zero-order chi connectivity index (χ0) is 18.5. The van der Waals surface area contributed by atoms with Crippen molar-refractivity contribution in [3.8, 4) is 0 Å². The summed E-state index contributed by atoms with van der Waals surface area (Å²) in [6.45, 7) is 7.46. The molecular weight excluding hydrogens is 360 g/mol. The van der Waals surface area contributed by atoms with E-state index in [1.54, 1.807) is 40.3 Å². The lowest BCUT2D eigenvalue weighted by molar-refractivity contribution is -0.152. The Morgan fingerprint density at radius 3 is 2.62 bits per heavy atom. The fourth-order valence-corrected chi connectivity index (χ4v) is 2.98. The van der Waals surface area contributed by atoms with E-state index >= 15 is 0 Å². The maximum absolute atomic E-state index is 12.8. The van der Waals surface area contributed by atoms with Gasteiger partial charge in [0.1, 0.15) is 0 Å². The number of methoxy groups -OCH3 is 1. The van der Waals surface area contributed by atoms with Crippen molar-refractivity contribution in [3.05, 3.63) is 12.4 Å². The number of anilines is 1. The summed E-state index contributed by atoms with van der Waals surface area (Å²) < 4.78 is 11.9. The second-order valence-electron chi connectivity index (χ2n) is 6.87. The molecular formula is C17H29ClN4O4. The fraction of sp³-hybridized carbons (Fsp3) is 0.706. The molecule has 9 heteroatoms. The second-order valence-corrected chi connectivity index (χ2v) is 6.87. The maximum atomic E-state index is 12.8. The third-order valence-electron chi connectivity index (χ3n) is 4.65. The van der Waals surface area contributed by atoms with E-state index in [-0.39, 0.29) is 24.3 Å². The maximum Gasteiger partial charge on any atom is 0.333 e. The minimum atomic E-state index is -0.946. The minimum absolute atomic E-state index is 0. The van der Waals surface area contributed by atoms with Gasteiger partial charge in [0.05, 0.1) is 30.5 Å². The van der Waals surface area contributed by atoms with E-state index in [1.807, 2.05) is 0 Å². The molecule has 0 spiro atoms. The number of esters is 1. The largest absolute Gasteiger partial charge is 0.464 e. The molecule has 148 valence electrons. The first-order valence-corrected chi connectivity index (χ1v) is 8.59. The number of carbonyl (C=O) groups excluding carboxylic acids is 2. The molecule has 0 bridgehead atoms. The van der Waals surface area contributed by atoms with Crippen LogP contribution in [0, 0.1) is 5.41 Å². The van der Waals surface area contributed by atoms with Crippen molar-refractivity contribution in [2.75, 3.05) is 38.7 Å². The molecule has 1 aromatic rings. The Balaban J connectivity index is 0.00000338. The number of hydrogen-bond donors (Lipinski definition) is 2. The van der Waals surface area contributed by atoms with Crippen LogP contribution < -0.4 is 10.6 Å².